The maximum Gasteiger partial charge on any atom is 0.253 e. The Morgan fingerprint density at radius 1 is 1.25 bits per heavy atom. The Hall–Kier alpha value is -2.56. The minimum absolute atomic E-state index is 0.0378. The molecule has 0 saturated heterocycles. The lowest BCUT2D eigenvalue weighted by atomic mass is 10.1. The lowest BCUT2D eigenvalue weighted by molar-refractivity contribution is 0.0949. The van der Waals surface area contributed by atoms with Crippen molar-refractivity contribution in [3.05, 3.63) is 62.6 Å². The summed E-state index contributed by atoms with van der Waals surface area (Å²) in [6, 6.07) is 7.29. The molecular weight excluding hydrogens is 304 g/mol. The average Bonchev–Trinajstić information content (AvgIpc) is 2.47. The molecule has 1 aromatic heterocycles. The fourth-order valence-electron chi connectivity index (χ4n) is 2.61. The van der Waals surface area contributed by atoms with E-state index >= 15 is 0 Å². The van der Waals surface area contributed by atoms with E-state index in [0.29, 0.717) is 16.9 Å². The Labute approximate surface area is 142 Å². The van der Waals surface area contributed by atoms with Crippen LogP contribution >= 0.6 is 0 Å². The monoisotopic (exact) mass is 328 g/mol. The molecule has 1 aromatic carbocycles. The molecule has 2 rings (SSSR count). The Morgan fingerprint density at radius 3 is 2.58 bits per heavy atom. The number of hydrogen-bond donors (Lipinski definition) is 2. The van der Waals surface area contributed by atoms with E-state index in [1.807, 2.05) is 46.8 Å². The van der Waals surface area contributed by atoms with Crippen molar-refractivity contribution in [3.63, 3.8) is 0 Å². The number of hydrogen-bond acceptors (Lipinski definition) is 3. The maximum absolute atomic E-state index is 12.5. The number of H-pyrrole nitrogens is 1. The van der Waals surface area contributed by atoms with Crippen LogP contribution in [0, 0.1) is 20.8 Å². The highest BCUT2D eigenvalue weighted by Crippen LogP contribution is 2.22. The van der Waals surface area contributed by atoms with Crippen LogP contribution in [0.1, 0.15) is 46.6 Å². The van der Waals surface area contributed by atoms with Crippen molar-refractivity contribution >= 4 is 5.91 Å². The fourth-order valence-corrected chi connectivity index (χ4v) is 2.61. The number of rotatable bonds is 5. The minimum atomic E-state index is -0.221. The van der Waals surface area contributed by atoms with Gasteiger partial charge in [-0.25, -0.2) is 0 Å². The van der Waals surface area contributed by atoms with E-state index < -0.39 is 0 Å². The van der Waals surface area contributed by atoms with Crippen molar-refractivity contribution in [2.45, 2.75) is 47.3 Å². The second kappa shape index (κ2) is 7.34. The van der Waals surface area contributed by atoms with E-state index in [0.717, 1.165) is 16.8 Å². The van der Waals surface area contributed by atoms with Gasteiger partial charge in [0.1, 0.15) is 5.75 Å². The fraction of sp³-hybridized carbons (Fsp3) is 0.368. The van der Waals surface area contributed by atoms with Crippen molar-refractivity contribution < 1.29 is 9.53 Å². The van der Waals surface area contributed by atoms with Gasteiger partial charge in [0.2, 0.25) is 0 Å². The molecule has 0 aliphatic heterocycles. The average molecular weight is 328 g/mol. The van der Waals surface area contributed by atoms with E-state index in [9.17, 15) is 9.59 Å². The van der Waals surface area contributed by atoms with Crippen molar-refractivity contribution in [1.82, 2.24) is 10.3 Å². The molecule has 0 unspecified atom stereocenters. The molecule has 0 bridgehead atoms. The van der Waals surface area contributed by atoms with Gasteiger partial charge in [-0.2, -0.15) is 0 Å². The first-order chi connectivity index (χ1) is 11.3. The van der Waals surface area contributed by atoms with Crippen LogP contribution in [-0.4, -0.2) is 17.0 Å². The normalized spacial score (nSPS) is 10.8. The predicted molar refractivity (Wildman–Crippen MR) is 94.6 cm³/mol. The Kier molecular flexibility index (Phi) is 5.44. The van der Waals surface area contributed by atoms with Gasteiger partial charge in [0, 0.05) is 28.9 Å². The van der Waals surface area contributed by atoms with Gasteiger partial charge in [-0.1, -0.05) is 6.07 Å². The molecular formula is C19H24N2O3. The van der Waals surface area contributed by atoms with Crippen LogP contribution in [0.5, 0.6) is 5.75 Å². The van der Waals surface area contributed by atoms with Crippen molar-refractivity contribution in [2.24, 2.45) is 0 Å². The number of carbonyl (C=O) groups is 1. The Bertz CT molecular complexity index is 807. The number of aryl methyl sites for hydroxylation is 2. The quantitative estimate of drug-likeness (QED) is 0.886. The van der Waals surface area contributed by atoms with Crippen molar-refractivity contribution in [1.29, 1.82) is 0 Å². The number of aromatic amines is 1. The van der Waals surface area contributed by atoms with E-state index in [-0.39, 0.29) is 24.1 Å². The largest absolute Gasteiger partial charge is 0.491 e. The van der Waals surface area contributed by atoms with Gasteiger partial charge in [0.25, 0.3) is 11.5 Å². The zero-order valence-corrected chi connectivity index (χ0v) is 14.8. The van der Waals surface area contributed by atoms with Gasteiger partial charge in [-0.15, -0.1) is 0 Å². The Balaban J connectivity index is 2.18. The molecule has 0 atom stereocenters. The molecule has 0 radical (unpaired) electrons. The smallest absolute Gasteiger partial charge is 0.253 e. The van der Waals surface area contributed by atoms with Crippen LogP contribution in [0.4, 0.5) is 0 Å². The van der Waals surface area contributed by atoms with Gasteiger partial charge < -0.3 is 15.0 Å². The molecule has 2 N–H and O–H groups in total. The number of nitrogens with one attached hydrogen (secondary N) is 2. The third-order valence-corrected chi connectivity index (χ3v) is 3.81. The predicted octanol–water partition coefficient (Wildman–Crippen LogP) is 3.02. The summed E-state index contributed by atoms with van der Waals surface area (Å²) in [5.74, 6) is 0.475. The third kappa shape index (κ3) is 4.04. The zero-order valence-electron chi connectivity index (χ0n) is 14.8. The summed E-state index contributed by atoms with van der Waals surface area (Å²) in [6.07, 6.45) is 0.0378. The summed E-state index contributed by atoms with van der Waals surface area (Å²) in [4.78, 5) is 27.3. The summed E-state index contributed by atoms with van der Waals surface area (Å²) in [5.41, 5.74) is 3.42. The van der Waals surface area contributed by atoms with E-state index in [1.165, 1.54) is 0 Å². The van der Waals surface area contributed by atoms with Crippen LogP contribution in [0.15, 0.2) is 29.1 Å². The topological polar surface area (TPSA) is 71.2 Å². The molecule has 5 nitrogen and oxygen atoms in total. The highest BCUT2D eigenvalue weighted by atomic mass is 16.5. The van der Waals surface area contributed by atoms with Crippen LogP contribution < -0.4 is 15.6 Å². The SMILES string of the molecule is Cc1cc(C)c(CNC(=O)c2cccc(OC(C)C)c2C)c(=O)[nH]1. The second-order valence-electron chi connectivity index (χ2n) is 6.22. The highest BCUT2D eigenvalue weighted by molar-refractivity contribution is 5.96. The lowest BCUT2D eigenvalue weighted by Gasteiger charge is -2.15. The lowest BCUT2D eigenvalue weighted by Crippen LogP contribution is -2.28. The summed E-state index contributed by atoms with van der Waals surface area (Å²) < 4.78 is 5.71. The van der Waals surface area contributed by atoms with E-state index in [4.69, 9.17) is 4.74 Å². The Morgan fingerprint density at radius 2 is 1.96 bits per heavy atom. The number of ether oxygens (including phenoxy) is 1. The molecule has 1 amide bonds. The third-order valence-electron chi connectivity index (χ3n) is 3.81. The van der Waals surface area contributed by atoms with Gasteiger partial charge in [-0.05, 0) is 58.4 Å². The number of benzene rings is 1. The second-order valence-corrected chi connectivity index (χ2v) is 6.22. The van der Waals surface area contributed by atoms with Crippen molar-refractivity contribution in [3.8, 4) is 5.75 Å². The van der Waals surface area contributed by atoms with E-state index in [1.54, 1.807) is 12.1 Å². The first kappa shape index (κ1) is 17.8. The molecule has 1 heterocycles. The molecule has 0 aliphatic rings. The maximum atomic E-state index is 12.5. The number of pyridine rings is 1. The molecule has 0 aliphatic carbocycles. The summed E-state index contributed by atoms with van der Waals surface area (Å²) in [7, 11) is 0. The number of aromatic nitrogens is 1. The highest BCUT2D eigenvalue weighted by Gasteiger charge is 2.14. The van der Waals surface area contributed by atoms with Crippen LogP contribution in [-0.2, 0) is 6.54 Å². The van der Waals surface area contributed by atoms with Crippen molar-refractivity contribution in [2.75, 3.05) is 0 Å². The van der Waals surface area contributed by atoms with Gasteiger partial charge >= 0.3 is 0 Å². The first-order valence-electron chi connectivity index (χ1n) is 8.03. The van der Waals surface area contributed by atoms with Crippen LogP contribution in [0.25, 0.3) is 0 Å². The zero-order chi connectivity index (χ0) is 17.9. The molecule has 128 valence electrons. The standard InChI is InChI=1S/C19H24N2O3/c1-11(2)24-17-8-6-7-15(14(17)5)18(22)20-10-16-12(3)9-13(4)21-19(16)23/h6-9,11H,10H2,1-5H3,(H,20,22)(H,21,23). The molecule has 5 heteroatoms. The number of amides is 1. The molecule has 0 saturated carbocycles. The molecule has 2 aromatic rings. The molecule has 0 spiro atoms. The first-order valence-corrected chi connectivity index (χ1v) is 8.03. The summed E-state index contributed by atoms with van der Waals surface area (Å²) >= 11 is 0. The van der Waals surface area contributed by atoms with Gasteiger partial charge in [0.05, 0.1) is 6.10 Å². The summed E-state index contributed by atoms with van der Waals surface area (Å²) in [5, 5.41) is 2.82. The summed E-state index contributed by atoms with van der Waals surface area (Å²) in [6.45, 7) is 9.63. The van der Waals surface area contributed by atoms with E-state index in [2.05, 4.69) is 10.3 Å². The van der Waals surface area contributed by atoms with Gasteiger partial charge in [-0.3, -0.25) is 9.59 Å². The number of carbonyl (C=O) groups excluding carboxylic acids is 1. The minimum Gasteiger partial charge on any atom is -0.491 e. The van der Waals surface area contributed by atoms with Crippen LogP contribution in [0.2, 0.25) is 0 Å². The molecule has 0 fully saturated rings. The molecule has 24 heavy (non-hydrogen) atoms. The van der Waals surface area contributed by atoms with Crippen LogP contribution in [0.3, 0.4) is 0 Å². The van der Waals surface area contributed by atoms with Gasteiger partial charge in [0.15, 0.2) is 0 Å².